The van der Waals surface area contributed by atoms with Crippen LogP contribution in [0, 0.1) is 11.3 Å². The van der Waals surface area contributed by atoms with Gasteiger partial charge in [0.25, 0.3) is 5.91 Å². The summed E-state index contributed by atoms with van der Waals surface area (Å²) in [7, 11) is 1.53. The third-order valence-corrected chi connectivity index (χ3v) is 3.96. The van der Waals surface area contributed by atoms with Gasteiger partial charge in [-0.15, -0.1) is 0 Å². The normalized spacial score (nSPS) is 17.1. The van der Waals surface area contributed by atoms with E-state index < -0.39 is 0 Å². The number of ether oxygens (including phenoxy) is 1. The van der Waals surface area contributed by atoms with E-state index in [1.54, 1.807) is 23.1 Å². The van der Waals surface area contributed by atoms with Crippen LogP contribution in [0.2, 0.25) is 5.02 Å². The van der Waals surface area contributed by atoms with Gasteiger partial charge in [-0.3, -0.25) is 9.69 Å². The summed E-state index contributed by atoms with van der Waals surface area (Å²) >= 11 is 5.97. The first kappa shape index (κ1) is 15.6. The minimum atomic E-state index is -0.122. The predicted molar refractivity (Wildman–Crippen MR) is 80.6 cm³/mol. The van der Waals surface area contributed by atoms with E-state index in [1.165, 1.54) is 7.11 Å². The number of methoxy groups -OCH3 is 1. The smallest absolute Gasteiger partial charge is 0.257 e. The molecular formula is C15H18ClN3O2. The molecule has 1 aliphatic rings. The first-order valence-corrected chi connectivity index (χ1v) is 7.21. The lowest BCUT2D eigenvalue weighted by molar-refractivity contribution is 0.0612. The monoisotopic (exact) mass is 307 g/mol. The zero-order valence-electron chi connectivity index (χ0n) is 12.2. The highest BCUT2D eigenvalue weighted by Crippen LogP contribution is 2.24. The molecule has 0 bridgehead atoms. The van der Waals surface area contributed by atoms with Crippen LogP contribution in [0.3, 0.4) is 0 Å². The van der Waals surface area contributed by atoms with E-state index in [9.17, 15) is 4.79 Å². The molecule has 1 unspecified atom stereocenters. The van der Waals surface area contributed by atoms with Crippen molar-refractivity contribution in [1.29, 1.82) is 5.26 Å². The molecule has 21 heavy (non-hydrogen) atoms. The van der Waals surface area contributed by atoms with E-state index in [-0.39, 0.29) is 11.9 Å². The summed E-state index contributed by atoms with van der Waals surface area (Å²) in [5, 5.41) is 9.45. The van der Waals surface area contributed by atoms with Crippen molar-refractivity contribution in [3.05, 3.63) is 28.8 Å². The Hall–Kier alpha value is -1.77. The van der Waals surface area contributed by atoms with Gasteiger partial charge < -0.3 is 9.64 Å². The Labute approximate surface area is 129 Å². The molecule has 1 aromatic rings. The van der Waals surface area contributed by atoms with Gasteiger partial charge in [0.15, 0.2) is 0 Å². The lowest BCUT2D eigenvalue weighted by atomic mass is 10.1. The highest BCUT2D eigenvalue weighted by Gasteiger charge is 2.26. The standard InChI is InChI=1S/C15H18ClN3O2/c1-11(10-17)18-5-7-19(8-6-18)15(20)13-9-12(16)3-4-14(13)21-2/h3-4,9,11H,5-8H2,1-2H3. The van der Waals surface area contributed by atoms with Gasteiger partial charge in [-0.1, -0.05) is 11.6 Å². The van der Waals surface area contributed by atoms with Crippen LogP contribution >= 0.6 is 11.6 Å². The maximum atomic E-state index is 12.6. The summed E-state index contributed by atoms with van der Waals surface area (Å²) in [6, 6.07) is 7.13. The molecule has 112 valence electrons. The Balaban J connectivity index is 2.09. The van der Waals surface area contributed by atoms with Crippen molar-refractivity contribution in [3.8, 4) is 11.8 Å². The number of benzene rings is 1. The number of carbonyl (C=O) groups is 1. The van der Waals surface area contributed by atoms with E-state index in [2.05, 4.69) is 11.0 Å². The van der Waals surface area contributed by atoms with E-state index in [0.717, 1.165) is 0 Å². The third kappa shape index (κ3) is 3.46. The zero-order valence-corrected chi connectivity index (χ0v) is 12.9. The average Bonchev–Trinajstić information content (AvgIpc) is 2.53. The van der Waals surface area contributed by atoms with Gasteiger partial charge >= 0.3 is 0 Å². The molecule has 1 atom stereocenters. The topological polar surface area (TPSA) is 56.6 Å². The molecule has 1 amide bonds. The van der Waals surface area contributed by atoms with Crippen molar-refractivity contribution in [2.24, 2.45) is 0 Å². The molecule has 0 radical (unpaired) electrons. The fourth-order valence-corrected chi connectivity index (χ4v) is 2.58. The van der Waals surface area contributed by atoms with Gasteiger partial charge in [0.2, 0.25) is 0 Å². The van der Waals surface area contributed by atoms with Crippen LogP contribution in [0.15, 0.2) is 18.2 Å². The highest BCUT2D eigenvalue weighted by atomic mass is 35.5. The molecule has 1 aliphatic heterocycles. The van der Waals surface area contributed by atoms with E-state index >= 15 is 0 Å². The highest BCUT2D eigenvalue weighted by molar-refractivity contribution is 6.31. The average molecular weight is 308 g/mol. The predicted octanol–water partition coefficient (Wildman–Crippen LogP) is 2.02. The van der Waals surface area contributed by atoms with E-state index in [1.807, 2.05) is 6.92 Å². The second-order valence-corrected chi connectivity index (χ2v) is 5.41. The van der Waals surface area contributed by atoms with Crippen molar-refractivity contribution >= 4 is 17.5 Å². The minimum Gasteiger partial charge on any atom is -0.496 e. The van der Waals surface area contributed by atoms with Crippen LogP contribution in [-0.2, 0) is 0 Å². The lowest BCUT2D eigenvalue weighted by Gasteiger charge is -2.36. The zero-order chi connectivity index (χ0) is 15.4. The fourth-order valence-electron chi connectivity index (χ4n) is 2.41. The van der Waals surface area contributed by atoms with Crippen molar-refractivity contribution < 1.29 is 9.53 Å². The quantitative estimate of drug-likeness (QED) is 0.857. The van der Waals surface area contributed by atoms with Crippen molar-refractivity contribution in [2.75, 3.05) is 33.3 Å². The molecule has 0 saturated carbocycles. The first-order valence-electron chi connectivity index (χ1n) is 6.83. The molecule has 0 spiro atoms. The lowest BCUT2D eigenvalue weighted by Crippen LogP contribution is -2.51. The van der Waals surface area contributed by atoms with Crippen LogP contribution < -0.4 is 4.74 Å². The molecule has 0 aliphatic carbocycles. The molecule has 6 heteroatoms. The minimum absolute atomic E-state index is 0.0846. The Morgan fingerprint density at radius 1 is 1.38 bits per heavy atom. The Morgan fingerprint density at radius 2 is 2.05 bits per heavy atom. The summed E-state index contributed by atoms with van der Waals surface area (Å²) in [5.41, 5.74) is 0.479. The number of hydrogen-bond donors (Lipinski definition) is 0. The molecule has 5 nitrogen and oxygen atoms in total. The molecule has 0 aromatic heterocycles. The summed E-state index contributed by atoms with van der Waals surface area (Å²) in [5.74, 6) is 0.441. The number of piperazine rings is 1. The molecule has 1 fully saturated rings. The SMILES string of the molecule is COc1ccc(Cl)cc1C(=O)N1CCN(C(C)C#N)CC1. The number of rotatable bonds is 3. The number of nitriles is 1. The second-order valence-electron chi connectivity index (χ2n) is 4.98. The van der Waals surface area contributed by atoms with E-state index in [0.29, 0.717) is 42.5 Å². The van der Waals surface area contributed by atoms with Crippen LogP contribution in [0.1, 0.15) is 17.3 Å². The maximum absolute atomic E-state index is 12.6. The van der Waals surface area contributed by atoms with Gasteiger partial charge in [-0.25, -0.2) is 0 Å². The van der Waals surface area contributed by atoms with Crippen molar-refractivity contribution in [2.45, 2.75) is 13.0 Å². The van der Waals surface area contributed by atoms with Gasteiger partial charge in [-0.2, -0.15) is 5.26 Å². The molecule has 1 heterocycles. The van der Waals surface area contributed by atoms with Gasteiger partial charge in [0.1, 0.15) is 5.75 Å². The van der Waals surface area contributed by atoms with Gasteiger partial charge in [0.05, 0.1) is 24.8 Å². The molecule has 2 rings (SSSR count). The van der Waals surface area contributed by atoms with Crippen LogP contribution in [0.4, 0.5) is 0 Å². The Morgan fingerprint density at radius 3 is 2.62 bits per heavy atom. The molecular weight excluding hydrogens is 290 g/mol. The maximum Gasteiger partial charge on any atom is 0.257 e. The van der Waals surface area contributed by atoms with Crippen LogP contribution in [0.25, 0.3) is 0 Å². The summed E-state index contributed by atoms with van der Waals surface area (Å²) in [6.45, 7) is 4.46. The van der Waals surface area contributed by atoms with Gasteiger partial charge in [-0.05, 0) is 25.1 Å². The Bertz CT molecular complexity index is 563. The molecule has 1 saturated heterocycles. The third-order valence-electron chi connectivity index (χ3n) is 3.73. The van der Waals surface area contributed by atoms with Crippen molar-refractivity contribution in [3.63, 3.8) is 0 Å². The summed E-state index contributed by atoms with van der Waals surface area (Å²) in [4.78, 5) is 16.4. The fraction of sp³-hybridized carbons (Fsp3) is 0.467. The molecule has 0 N–H and O–H groups in total. The molecule has 1 aromatic carbocycles. The number of nitrogens with zero attached hydrogens (tertiary/aromatic N) is 3. The number of amides is 1. The van der Waals surface area contributed by atoms with E-state index in [4.69, 9.17) is 21.6 Å². The van der Waals surface area contributed by atoms with Crippen LogP contribution in [-0.4, -0.2) is 55.0 Å². The largest absolute Gasteiger partial charge is 0.496 e. The van der Waals surface area contributed by atoms with Crippen LogP contribution in [0.5, 0.6) is 5.75 Å². The van der Waals surface area contributed by atoms with Crippen molar-refractivity contribution in [1.82, 2.24) is 9.80 Å². The second kappa shape index (κ2) is 6.79. The number of halogens is 1. The van der Waals surface area contributed by atoms with Gasteiger partial charge in [0, 0.05) is 31.2 Å². The Kier molecular flexibility index (Phi) is 5.05. The number of carbonyl (C=O) groups excluding carboxylic acids is 1. The summed E-state index contributed by atoms with van der Waals surface area (Å²) < 4.78 is 5.23. The summed E-state index contributed by atoms with van der Waals surface area (Å²) in [6.07, 6.45) is 0. The number of hydrogen-bond acceptors (Lipinski definition) is 4. The first-order chi connectivity index (χ1) is 10.1.